The van der Waals surface area contributed by atoms with Crippen molar-refractivity contribution < 1.29 is 13.2 Å². The summed E-state index contributed by atoms with van der Waals surface area (Å²) in [5.74, 6) is 0. The lowest BCUT2D eigenvalue weighted by molar-refractivity contribution is -0.137. The number of rotatable bonds is 3. The van der Waals surface area contributed by atoms with Gasteiger partial charge in [0, 0.05) is 5.54 Å². The highest BCUT2D eigenvalue weighted by Gasteiger charge is 2.39. The van der Waals surface area contributed by atoms with E-state index in [9.17, 15) is 13.2 Å². The predicted molar refractivity (Wildman–Crippen MR) is 74.6 cm³/mol. The fourth-order valence-electron chi connectivity index (χ4n) is 3.06. The van der Waals surface area contributed by atoms with Gasteiger partial charge in [-0.15, -0.1) is 0 Å². The maximum atomic E-state index is 12.5. The predicted octanol–water partition coefficient (Wildman–Crippen LogP) is 4.42. The first-order valence-electron chi connectivity index (χ1n) is 7.01. The largest absolute Gasteiger partial charge is 0.416 e. The Balaban J connectivity index is 2.09. The van der Waals surface area contributed by atoms with Crippen molar-refractivity contribution in [2.45, 2.75) is 51.7 Å². The zero-order chi connectivity index (χ0) is 15.0. The smallest absolute Gasteiger partial charge is 0.311 e. The van der Waals surface area contributed by atoms with Crippen LogP contribution in [0.4, 0.5) is 13.2 Å². The molecule has 0 aromatic heterocycles. The minimum atomic E-state index is -4.25. The van der Waals surface area contributed by atoms with Gasteiger partial charge in [0.1, 0.15) is 0 Å². The van der Waals surface area contributed by atoms with Gasteiger partial charge in [-0.05, 0) is 48.9 Å². The highest BCUT2D eigenvalue weighted by Crippen LogP contribution is 2.36. The third-order valence-corrected chi connectivity index (χ3v) is 3.80. The van der Waals surface area contributed by atoms with Crippen LogP contribution in [0.1, 0.15) is 44.7 Å². The van der Waals surface area contributed by atoms with E-state index in [1.54, 1.807) is 12.1 Å². The van der Waals surface area contributed by atoms with Gasteiger partial charge in [-0.1, -0.05) is 32.9 Å². The zero-order valence-electron chi connectivity index (χ0n) is 12.3. The van der Waals surface area contributed by atoms with E-state index in [1.165, 1.54) is 12.1 Å². The Labute approximate surface area is 118 Å². The highest BCUT2D eigenvalue weighted by molar-refractivity contribution is 5.26. The van der Waals surface area contributed by atoms with Crippen LogP contribution in [-0.4, -0.2) is 12.1 Å². The monoisotopic (exact) mass is 285 g/mol. The second-order valence-corrected chi connectivity index (χ2v) is 7.07. The first-order valence-corrected chi connectivity index (χ1v) is 7.01. The van der Waals surface area contributed by atoms with Crippen molar-refractivity contribution in [1.82, 2.24) is 5.32 Å². The van der Waals surface area contributed by atoms with E-state index in [2.05, 4.69) is 26.1 Å². The topological polar surface area (TPSA) is 12.0 Å². The van der Waals surface area contributed by atoms with E-state index < -0.39 is 11.7 Å². The second-order valence-electron chi connectivity index (χ2n) is 7.07. The van der Waals surface area contributed by atoms with Gasteiger partial charge in [0.25, 0.3) is 0 Å². The number of nitrogens with one attached hydrogen (secondary N) is 1. The van der Waals surface area contributed by atoms with Crippen molar-refractivity contribution in [3.05, 3.63) is 35.4 Å². The van der Waals surface area contributed by atoms with Crippen LogP contribution in [-0.2, 0) is 12.6 Å². The summed E-state index contributed by atoms with van der Waals surface area (Å²) in [5, 5.41) is 3.49. The molecule has 1 atom stereocenters. The van der Waals surface area contributed by atoms with E-state index in [0.717, 1.165) is 31.4 Å². The molecule has 0 spiro atoms. The summed E-state index contributed by atoms with van der Waals surface area (Å²) in [6.07, 6.45) is -1.34. The Morgan fingerprint density at radius 3 is 2.00 bits per heavy atom. The van der Waals surface area contributed by atoms with Crippen molar-refractivity contribution >= 4 is 0 Å². The molecule has 0 radical (unpaired) electrons. The van der Waals surface area contributed by atoms with Crippen molar-refractivity contribution in [2.24, 2.45) is 5.41 Å². The van der Waals surface area contributed by atoms with Crippen molar-refractivity contribution in [2.75, 3.05) is 6.54 Å². The van der Waals surface area contributed by atoms with Crippen LogP contribution in [0.3, 0.4) is 0 Å². The van der Waals surface area contributed by atoms with Crippen LogP contribution < -0.4 is 5.32 Å². The van der Waals surface area contributed by atoms with E-state index in [-0.39, 0.29) is 11.0 Å². The summed E-state index contributed by atoms with van der Waals surface area (Å²) in [4.78, 5) is 0. The van der Waals surface area contributed by atoms with Gasteiger partial charge in [0.2, 0.25) is 0 Å². The molecule has 1 nitrogen and oxygen atoms in total. The fourth-order valence-corrected chi connectivity index (χ4v) is 3.06. The maximum absolute atomic E-state index is 12.5. The molecule has 1 unspecified atom stereocenters. The molecule has 0 amide bonds. The van der Waals surface area contributed by atoms with Gasteiger partial charge < -0.3 is 5.32 Å². The summed E-state index contributed by atoms with van der Waals surface area (Å²) >= 11 is 0. The van der Waals surface area contributed by atoms with Crippen LogP contribution in [0.2, 0.25) is 0 Å². The highest BCUT2D eigenvalue weighted by atomic mass is 19.4. The third kappa shape index (κ3) is 3.75. The maximum Gasteiger partial charge on any atom is 0.416 e. The molecule has 1 aromatic rings. The summed E-state index contributed by atoms with van der Waals surface area (Å²) in [6.45, 7) is 7.58. The van der Waals surface area contributed by atoms with Crippen LogP contribution in [0.5, 0.6) is 0 Å². The Morgan fingerprint density at radius 2 is 1.65 bits per heavy atom. The molecule has 2 rings (SSSR count). The Bertz CT molecular complexity index is 450. The van der Waals surface area contributed by atoms with E-state index >= 15 is 0 Å². The van der Waals surface area contributed by atoms with Crippen LogP contribution in [0, 0.1) is 5.41 Å². The molecule has 1 aromatic carbocycles. The quantitative estimate of drug-likeness (QED) is 0.867. The molecule has 20 heavy (non-hydrogen) atoms. The van der Waals surface area contributed by atoms with Crippen molar-refractivity contribution in [3.8, 4) is 0 Å². The molecule has 1 N–H and O–H groups in total. The van der Waals surface area contributed by atoms with Crippen LogP contribution in [0.15, 0.2) is 24.3 Å². The lowest BCUT2D eigenvalue weighted by atomic mass is 9.71. The number of hydrogen-bond donors (Lipinski definition) is 1. The zero-order valence-corrected chi connectivity index (χ0v) is 12.3. The fraction of sp³-hybridized carbons (Fsp3) is 0.625. The lowest BCUT2D eigenvalue weighted by Crippen LogP contribution is -2.59. The van der Waals surface area contributed by atoms with Gasteiger partial charge in [-0.25, -0.2) is 0 Å². The molecular weight excluding hydrogens is 263 g/mol. The van der Waals surface area contributed by atoms with Crippen molar-refractivity contribution in [3.63, 3.8) is 0 Å². The standard InChI is InChI=1S/C16H22F3N/c1-14(2,3)11-15(8-9-20-15)10-12-4-6-13(7-5-12)16(17,18)19/h4-7,20H,8-11H2,1-3H3. The molecular formula is C16H22F3N. The van der Waals surface area contributed by atoms with Crippen molar-refractivity contribution in [1.29, 1.82) is 0 Å². The molecule has 1 fully saturated rings. The molecule has 1 heterocycles. The summed E-state index contributed by atoms with van der Waals surface area (Å²) in [5.41, 5.74) is 0.652. The van der Waals surface area contributed by atoms with Gasteiger partial charge in [-0.2, -0.15) is 13.2 Å². The summed E-state index contributed by atoms with van der Waals surface area (Å²) in [7, 11) is 0. The Morgan fingerprint density at radius 1 is 1.10 bits per heavy atom. The number of hydrogen-bond acceptors (Lipinski definition) is 1. The average Bonchev–Trinajstić information content (AvgIpc) is 2.23. The second kappa shape index (κ2) is 5.06. The third-order valence-electron chi connectivity index (χ3n) is 3.80. The molecule has 0 saturated carbocycles. The Kier molecular flexibility index (Phi) is 3.89. The van der Waals surface area contributed by atoms with Gasteiger partial charge >= 0.3 is 6.18 Å². The lowest BCUT2D eigenvalue weighted by Gasteiger charge is -2.47. The SMILES string of the molecule is CC(C)(C)CC1(Cc2ccc(C(F)(F)F)cc2)CCN1. The van der Waals surface area contributed by atoms with Crippen LogP contribution >= 0.6 is 0 Å². The normalized spacial score (nSPS) is 23.5. The molecule has 0 bridgehead atoms. The molecule has 1 aliphatic heterocycles. The minimum Gasteiger partial charge on any atom is -0.311 e. The summed E-state index contributed by atoms with van der Waals surface area (Å²) < 4.78 is 37.6. The van der Waals surface area contributed by atoms with Gasteiger partial charge in [0.05, 0.1) is 5.56 Å². The first-order chi connectivity index (χ1) is 9.10. The summed E-state index contributed by atoms with van der Waals surface area (Å²) in [6, 6.07) is 5.57. The molecule has 1 aliphatic rings. The van der Waals surface area contributed by atoms with E-state index in [4.69, 9.17) is 0 Å². The number of halogens is 3. The molecule has 112 valence electrons. The Hall–Kier alpha value is -1.03. The number of alkyl halides is 3. The molecule has 1 saturated heterocycles. The van der Waals surface area contributed by atoms with Crippen LogP contribution in [0.25, 0.3) is 0 Å². The minimum absolute atomic E-state index is 0.0536. The first kappa shape index (κ1) is 15.4. The molecule has 4 heteroatoms. The van der Waals surface area contributed by atoms with E-state index in [0.29, 0.717) is 0 Å². The number of benzene rings is 1. The van der Waals surface area contributed by atoms with Gasteiger partial charge in [-0.3, -0.25) is 0 Å². The van der Waals surface area contributed by atoms with E-state index in [1.807, 2.05) is 0 Å². The molecule has 0 aliphatic carbocycles. The average molecular weight is 285 g/mol. The van der Waals surface area contributed by atoms with Gasteiger partial charge in [0.15, 0.2) is 0 Å².